The maximum absolute atomic E-state index is 3.74. The van der Waals surface area contributed by atoms with Crippen LogP contribution in [0.25, 0.3) is 0 Å². The van der Waals surface area contributed by atoms with Crippen LogP contribution in [0.2, 0.25) is 0 Å². The van der Waals surface area contributed by atoms with Crippen LogP contribution in [0, 0.1) is 12.8 Å². The Kier molecular flexibility index (Phi) is 4.11. The summed E-state index contributed by atoms with van der Waals surface area (Å²) in [4.78, 5) is 0. The predicted octanol–water partition coefficient (Wildman–Crippen LogP) is 4.05. The van der Waals surface area contributed by atoms with Crippen LogP contribution >= 0.6 is 0 Å². The zero-order chi connectivity index (χ0) is 13.2. The molecule has 0 aromatic heterocycles. The summed E-state index contributed by atoms with van der Waals surface area (Å²) in [6, 6.07) is 9.86. The molecule has 1 aliphatic heterocycles. The quantitative estimate of drug-likeness (QED) is 0.844. The number of hydrogen-bond acceptors (Lipinski definition) is 1. The molecule has 1 N–H and O–H groups in total. The van der Waals surface area contributed by atoms with Crippen molar-refractivity contribution in [2.24, 2.45) is 5.92 Å². The van der Waals surface area contributed by atoms with Gasteiger partial charge in [0.25, 0.3) is 0 Å². The smallest absolute Gasteiger partial charge is 0.0167 e. The van der Waals surface area contributed by atoms with Gasteiger partial charge in [-0.25, -0.2) is 0 Å². The van der Waals surface area contributed by atoms with E-state index in [1.807, 2.05) is 0 Å². The van der Waals surface area contributed by atoms with E-state index in [0.29, 0.717) is 11.5 Å². The highest BCUT2D eigenvalue weighted by molar-refractivity contribution is 5.32. The fourth-order valence-corrected chi connectivity index (χ4v) is 3.48. The average Bonchev–Trinajstić information content (AvgIpc) is 2.73. The van der Waals surface area contributed by atoms with Crippen LogP contribution in [0.4, 0.5) is 0 Å². The molecule has 2 atom stereocenters. The van der Waals surface area contributed by atoms with Crippen LogP contribution in [0.3, 0.4) is 0 Å². The van der Waals surface area contributed by atoms with E-state index in [-0.39, 0.29) is 0 Å². The van der Waals surface area contributed by atoms with Gasteiger partial charge in [-0.05, 0) is 44.2 Å². The van der Waals surface area contributed by atoms with E-state index in [1.54, 1.807) is 0 Å². The molecule has 1 nitrogen and oxygen atoms in total. The monoisotopic (exact) mass is 245 g/mol. The van der Waals surface area contributed by atoms with Gasteiger partial charge in [0.05, 0.1) is 0 Å². The number of aryl methyl sites for hydroxylation is 1. The Bertz CT molecular complexity index is 379. The minimum Gasteiger partial charge on any atom is -0.313 e. The first-order valence-electron chi connectivity index (χ1n) is 7.39. The predicted molar refractivity (Wildman–Crippen MR) is 79.0 cm³/mol. The van der Waals surface area contributed by atoms with Gasteiger partial charge in [0.2, 0.25) is 0 Å². The zero-order valence-electron chi connectivity index (χ0n) is 12.3. The first-order valence-corrected chi connectivity index (χ1v) is 7.39. The Morgan fingerprint density at radius 1 is 1.28 bits per heavy atom. The molecular formula is C17H27N. The molecule has 0 radical (unpaired) electrons. The summed E-state index contributed by atoms with van der Waals surface area (Å²) in [5, 5.41) is 3.74. The summed E-state index contributed by atoms with van der Waals surface area (Å²) < 4.78 is 0. The second-order valence-corrected chi connectivity index (χ2v) is 6.26. The third-order valence-electron chi connectivity index (χ3n) is 4.59. The van der Waals surface area contributed by atoms with Crippen molar-refractivity contribution in [3.8, 4) is 0 Å². The molecule has 1 aliphatic rings. The summed E-state index contributed by atoms with van der Waals surface area (Å²) >= 11 is 0. The van der Waals surface area contributed by atoms with Crippen molar-refractivity contribution in [3.05, 3.63) is 35.4 Å². The standard InChI is InChI=1S/C17H27N/c1-5-17(15-8-6-14(4)7-9-15)10-11-18-16(17)12-13(2)3/h6-9,13,16,18H,5,10-12H2,1-4H3. The molecule has 1 aromatic rings. The Morgan fingerprint density at radius 2 is 1.94 bits per heavy atom. The fraction of sp³-hybridized carbons (Fsp3) is 0.647. The molecule has 0 aliphatic carbocycles. The molecule has 2 rings (SSSR count). The van der Waals surface area contributed by atoms with Gasteiger partial charge >= 0.3 is 0 Å². The highest BCUT2D eigenvalue weighted by Gasteiger charge is 2.42. The normalized spacial score (nSPS) is 27.9. The first-order chi connectivity index (χ1) is 8.58. The zero-order valence-corrected chi connectivity index (χ0v) is 12.3. The van der Waals surface area contributed by atoms with Crippen LogP contribution in [0.5, 0.6) is 0 Å². The number of benzene rings is 1. The van der Waals surface area contributed by atoms with Gasteiger partial charge in [-0.1, -0.05) is 50.6 Å². The minimum atomic E-state index is 0.359. The second-order valence-electron chi connectivity index (χ2n) is 6.26. The lowest BCUT2D eigenvalue weighted by atomic mass is 9.70. The van der Waals surface area contributed by atoms with Gasteiger partial charge in [-0.2, -0.15) is 0 Å². The summed E-state index contributed by atoms with van der Waals surface area (Å²) in [6.07, 6.45) is 3.80. The lowest BCUT2D eigenvalue weighted by Crippen LogP contribution is -2.40. The number of rotatable bonds is 4. The molecule has 0 spiro atoms. The van der Waals surface area contributed by atoms with Gasteiger partial charge < -0.3 is 5.32 Å². The molecule has 1 aromatic carbocycles. The van der Waals surface area contributed by atoms with Crippen molar-refractivity contribution in [1.82, 2.24) is 5.32 Å². The van der Waals surface area contributed by atoms with Crippen LogP contribution in [0.15, 0.2) is 24.3 Å². The van der Waals surface area contributed by atoms with Crippen molar-refractivity contribution >= 4 is 0 Å². The fourth-order valence-electron chi connectivity index (χ4n) is 3.48. The first kappa shape index (κ1) is 13.6. The lowest BCUT2D eigenvalue weighted by Gasteiger charge is -2.36. The van der Waals surface area contributed by atoms with E-state index in [2.05, 4.69) is 57.3 Å². The average molecular weight is 245 g/mol. The van der Waals surface area contributed by atoms with E-state index >= 15 is 0 Å². The van der Waals surface area contributed by atoms with Crippen molar-refractivity contribution < 1.29 is 0 Å². The second kappa shape index (κ2) is 5.44. The number of hydrogen-bond donors (Lipinski definition) is 1. The van der Waals surface area contributed by atoms with Gasteiger partial charge in [-0.3, -0.25) is 0 Å². The minimum absolute atomic E-state index is 0.359. The maximum Gasteiger partial charge on any atom is 0.0167 e. The van der Waals surface area contributed by atoms with E-state index in [1.165, 1.54) is 36.9 Å². The van der Waals surface area contributed by atoms with E-state index < -0.39 is 0 Å². The van der Waals surface area contributed by atoms with Crippen molar-refractivity contribution in [1.29, 1.82) is 0 Å². The highest BCUT2D eigenvalue weighted by atomic mass is 15.0. The largest absolute Gasteiger partial charge is 0.313 e. The molecule has 1 heteroatoms. The molecule has 1 heterocycles. The number of nitrogens with one attached hydrogen (secondary N) is 1. The molecule has 0 saturated carbocycles. The lowest BCUT2D eigenvalue weighted by molar-refractivity contribution is 0.311. The molecule has 100 valence electrons. The molecule has 1 saturated heterocycles. The molecule has 1 fully saturated rings. The van der Waals surface area contributed by atoms with Crippen molar-refractivity contribution in [2.45, 2.75) is 58.4 Å². The van der Waals surface area contributed by atoms with Gasteiger partial charge in [0, 0.05) is 11.5 Å². The molecule has 18 heavy (non-hydrogen) atoms. The van der Waals surface area contributed by atoms with Crippen LogP contribution in [0.1, 0.15) is 51.2 Å². The van der Waals surface area contributed by atoms with Gasteiger partial charge in [0.1, 0.15) is 0 Å². The summed E-state index contributed by atoms with van der Waals surface area (Å²) in [7, 11) is 0. The maximum atomic E-state index is 3.74. The summed E-state index contributed by atoms with van der Waals surface area (Å²) in [5.41, 5.74) is 3.25. The van der Waals surface area contributed by atoms with Crippen molar-refractivity contribution in [3.63, 3.8) is 0 Å². The molecular weight excluding hydrogens is 218 g/mol. The molecule has 0 bridgehead atoms. The topological polar surface area (TPSA) is 12.0 Å². The summed E-state index contributed by atoms with van der Waals surface area (Å²) in [5.74, 6) is 0.761. The van der Waals surface area contributed by atoms with Crippen LogP contribution in [-0.4, -0.2) is 12.6 Å². The molecule has 0 amide bonds. The van der Waals surface area contributed by atoms with E-state index in [9.17, 15) is 0 Å². The Hall–Kier alpha value is -0.820. The van der Waals surface area contributed by atoms with Crippen molar-refractivity contribution in [2.75, 3.05) is 6.54 Å². The highest BCUT2D eigenvalue weighted by Crippen LogP contribution is 2.41. The Morgan fingerprint density at radius 3 is 2.50 bits per heavy atom. The third kappa shape index (κ3) is 2.47. The van der Waals surface area contributed by atoms with Crippen LogP contribution in [-0.2, 0) is 5.41 Å². The van der Waals surface area contributed by atoms with Gasteiger partial charge in [-0.15, -0.1) is 0 Å². The SMILES string of the molecule is CCC1(c2ccc(C)cc2)CCNC1CC(C)C. The van der Waals surface area contributed by atoms with E-state index in [0.717, 1.165) is 5.92 Å². The summed E-state index contributed by atoms with van der Waals surface area (Å²) in [6.45, 7) is 10.3. The Balaban J connectivity index is 2.31. The van der Waals surface area contributed by atoms with Crippen LogP contribution < -0.4 is 5.32 Å². The van der Waals surface area contributed by atoms with E-state index in [4.69, 9.17) is 0 Å². The van der Waals surface area contributed by atoms with Gasteiger partial charge in [0.15, 0.2) is 0 Å². The third-order valence-corrected chi connectivity index (χ3v) is 4.59. The molecule has 2 unspecified atom stereocenters. The Labute approximate surface area is 112 Å².